The van der Waals surface area contributed by atoms with Gasteiger partial charge in [-0.1, -0.05) is 12.2 Å². The number of hydrogen-bond donors (Lipinski definition) is 2. The summed E-state index contributed by atoms with van der Waals surface area (Å²) in [5.74, 6) is 1.77. The summed E-state index contributed by atoms with van der Waals surface area (Å²) < 4.78 is 5.33. The Kier molecular flexibility index (Phi) is 6.87. The molecule has 0 aromatic carbocycles. The molecule has 5 nitrogen and oxygen atoms in total. The van der Waals surface area contributed by atoms with E-state index in [1.165, 1.54) is 4.88 Å². The molecule has 0 fully saturated rings. The van der Waals surface area contributed by atoms with Crippen LogP contribution in [-0.2, 0) is 12.8 Å². The SMILES string of the molecule is C=C(C)CN=C(NCCc1ccco1)NCCc1ncc(C)s1. The van der Waals surface area contributed by atoms with Gasteiger partial charge in [-0.25, -0.2) is 9.98 Å². The van der Waals surface area contributed by atoms with Crippen LogP contribution >= 0.6 is 11.3 Å². The minimum atomic E-state index is 0.618. The van der Waals surface area contributed by atoms with E-state index < -0.39 is 0 Å². The topological polar surface area (TPSA) is 62.5 Å². The average Bonchev–Trinajstić information content (AvgIpc) is 3.16. The molecule has 0 saturated carbocycles. The number of aryl methyl sites for hydroxylation is 1. The highest BCUT2D eigenvalue weighted by Crippen LogP contribution is 2.10. The molecule has 0 saturated heterocycles. The number of nitrogens with one attached hydrogen (secondary N) is 2. The van der Waals surface area contributed by atoms with Gasteiger partial charge in [-0.2, -0.15) is 0 Å². The second-order valence-electron chi connectivity index (χ2n) is 5.42. The highest BCUT2D eigenvalue weighted by Gasteiger charge is 2.02. The molecule has 0 amide bonds. The quantitative estimate of drug-likeness (QED) is 0.443. The number of guanidine groups is 1. The summed E-state index contributed by atoms with van der Waals surface area (Å²) in [5.41, 5.74) is 1.03. The van der Waals surface area contributed by atoms with Crippen LogP contribution in [0, 0.1) is 6.92 Å². The Morgan fingerprint density at radius 1 is 1.35 bits per heavy atom. The van der Waals surface area contributed by atoms with Crippen molar-refractivity contribution in [2.24, 2.45) is 4.99 Å². The van der Waals surface area contributed by atoms with Crippen molar-refractivity contribution < 1.29 is 4.42 Å². The summed E-state index contributed by atoms with van der Waals surface area (Å²) in [6, 6.07) is 3.88. The minimum absolute atomic E-state index is 0.618. The Bertz CT molecular complexity index is 631. The molecule has 0 unspecified atom stereocenters. The first kappa shape index (κ1) is 17.3. The fourth-order valence-corrected chi connectivity index (χ4v) is 2.74. The van der Waals surface area contributed by atoms with Crippen molar-refractivity contribution in [2.45, 2.75) is 26.7 Å². The number of thiazole rings is 1. The summed E-state index contributed by atoms with van der Waals surface area (Å²) in [6.45, 7) is 10.1. The highest BCUT2D eigenvalue weighted by atomic mass is 32.1. The standard InChI is InChI=1S/C17H24N4OS/c1-13(2)11-21-17(18-8-6-15-5-4-10-22-15)19-9-7-16-20-12-14(3)23-16/h4-5,10,12H,1,6-9,11H2,2-3H3,(H2,18,19,21). The molecule has 2 heterocycles. The van der Waals surface area contributed by atoms with Crippen molar-refractivity contribution >= 4 is 17.3 Å². The van der Waals surface area contributed by atoms with Crippen LogP contribution in [0.4, 0.5) is 0 Å². The van der Waals surface area contributed by atoms with Crippen LogP contribution in [0.1, 0.15) is 22.6 Å². The van der Waals surface area contributed by atoms with Crippen LogP contribution in [0.15, 0.2) is 46.2 Å². The lowest BCUT2D eigenvalue weighted by molar-refractivity contribution is 0.507. The molecule has 2 N–H and O–H groups in total. The van der Waals surface area contributed by atoms with Crippen molar-refractivity contribution in [2.75, 3.05) is 19.6 Å². The van der Waals surface area contributed by atoms with Gasteiger partial charge in [-0.3, -0.25) is 0 Å². The number of aromatic nitrogens is 1. The van der Waals surface area contributed by atoms with E-state index in [0.717, 1.165) is 48.2 Å². The number of rotatable bonds is 8. The van der Waals surface area contributed by atoms with Crippen LogP contribution in [0.25, 0.3) is 0 Å². The number of aliphatic imine (C=N–C) groups is 1. The molecule has 0 aliphatic heterocycles. The molecule has 23 heavy (non-hydrogen) atoms. The van der Waals surface area contributed by atoms with Crippen LogP contribution in [0.2, 0.25) is 0 Å². The molecule has 0 spiro atoms. The molecule has 124 valence electrons. The van der Waals surface area contributed by atoms with Gasteiger partial charge in [0.25, 0.3) is 0 Å². The molecule has 6 heteroatoms. The summed E-state index contributed by atoms with van der Waals surface area (Å²) in [6.07, 6.45) is 5.33. The zero-order valence-electron chi connectivity index (χ0n) is 13.8. The maximum atomic E-state index is 5.33. The van der Waals surface area contributed by atoms with Crippen molar-refractivity contribution in [1.82, 2.24) is 15.6 Å². The number of hydrogen-bond acceptors (Lipinski definition) is 4. The highest BCUT2D eigenvalue weighted by molar-refractivity contribution is 7.11. The van der Waals surface area contributed by atoms with Gasteiger partial charge in [0.05, 0.1) is 17.8 Å². The molecule has 2 rings (SSSR count). The fraction of sp³-hybridized carbons (Fsp3) is 0.412. The summed E-state index contributed by atoms with van der Waals surface area (Å²) in [7, 11) is 0. The zero-order chi connectivity index (χ0) is 16.5. The Hall–Kier alpha value is -2.08. The second-order valence-corrected chi connectivity index (χ2v) is 6.74. The predicted molar refractivity (Wildman–Crippen MR) is 96.1 cm³/mol. The third-order valence-corrected chi connectivity index (χ3v) is 4.02. The Morgan fingerprint density at radius 2 is 2.13 bits per heavy atom. The van der Waals surface area contributed by atoms with Crippen molar-refractivity contribution in [3.8, 4) is 0 Å². The van der Waals surface area contributed by atoms with Gasteiger partial charge in [-0.05, 0) is 26.0 Å². The lowest BCUT2D eigenvalue weighted by Gasteiger charge is -2.11. The molecule has 0 aliphatic rings. The van der Waals surface area contributed by atoms with Gasteiger partial charge in [0, 0.05) is 37.0 Å². The monoisotopic (exact) mass is 332 g/mol. The van der Waals surface area contributed by atoms with Crippen LogP contribution in [-0.4, -0.2) is 30.6 Å². The van der Waals surface area contributed by atoms with Crippen LogP contribution in [0.5, 0.6) is 0 Å². The van der Waals surface area contributed by atoms with Gasteiger partial charge >= 0.3 is 0 Å². The van der Waals surface area contributed by atoms with Crippen molar-refractivity contribution in [1.29, 1.82) is 0 Å². The van der Waals surface area contributed by atoms with E-state index in [4.69, 9.17) is 4.42 Å². The van der Waals surface area contributed by atoms with Gasteiger partial charge in [0.2, 0.25) is 0 Å². The van der Waals surface area contributed by atoms with E-state index in [2.05, 4.69) is 34.1 Å². The molecular formula is C17H24N4OS. The maximum absolute atomic E-state index is 5.33. The zero-order valence-corrected chi connectivity index (χ0v) is 14.6. The largest absolute Gasteiger partial charge is 0.469 e. The molecule has 0 aliphatic carbocycles. The normalized spacial score (nSPS) is 11.5. The van der Waals surface area contributed by atoms with Gasteiger partial charge < -0.3 is 15.1 Å². The van der Waals surface area contributed by atoms with Gasteiger partial charge in [0.1, 0.15) is 5.76 Å². The van der Waals surface area contributed by atoms with Gasteiger partial charge in [0.15, 0.2) is 5.96 Å². The van der Waals surface area contributed by atoms with E-state index in [9.17, 15) is 0 Å². The smallest absolute Gasteiger partial charge is 0.191 e. The molecule has 0 atom stereocenters. The summed E-state index contributed by atoms with van der Waals surface area (Å²) >= 11 is 1.74. The van der Waals surface area contributed by atoms with E-state index in [-0.39, 0.29) is 0 Å². The van der Waals surface area contributed by atoms with Crippen molar-refractivity contribution in [3.63, 3.8) is 0 Å². The Balaban J connectivity index is 1.78. The lowest BCUT2D eigenvalue weighted by atomic mass is 10.3. The predicted octanol–water partition coefficient (Wildman–Crippen LogP) is 2.94. The Labute approximate surface area is 141 Å². The molecule has 2 aromatic rings. The van der Waals surface area contributed by atoms with E-state index in [0.29, 0.717) is 6.54 Å². The van der Waals surface area contributed by atoms with Crippen LogP contribution < -0.4 is 10.6 Å². The number of nitrogens with zero attached hydrogens (tertiary/aromatic N) is 2. The maximum Gasteiger partial charge on any atom is 0.191 e. The first-order chi connectivity index (χ1) is 11.1. The van der Waals surface area contributed by atoms with E-state index >= 15 is 0 Å². The van der Waals surface area contributed by atoms with E-state index in [1.54, 1.807) is 17.6 Å². The minimum Gasteiger partial charge on any atom is -0.469 e. The summed E-state index contributed by atoms with van der Waals surface area (Å²) in [5, 5.41) is 7.82. The fourth-order valence-electron chi connectivity index (χ4n) is 1.95. The molecule has 0 radical (unpaired) electrons. The number of furan rings is 1. The lowest BCUT2D eigenvalue weighted by Crippen LogP contribution is -2.39. The van der Waals surface area contributed by atoms with Crippen molar-refractivity contribution in [3.05, 3.63) is 52.4 Å². The van der Waals surface area contributed by atoms with Gasteiger partial charge in [-0.15, -0.1) is 11.3 Å². The van der Waals surface area contributed by atoms with E-state index in [1.807, 2.05) is 25.3 Å². The third kappa shape index (κ3) is 6.69. The first-order valence-electron chi connectivity index (χ1n) is 7.74. The Morgan fingerprint density at radius 3 is 2.74 bits per heavy atom. The second kappa shape index (κ2) is 9.15. The van der Waals surface area contributed by atoms with Crippen LogP contribution in [0.3, 0.4) is 0 Å². The summed E-state index contributed by atoms with van der Waals surface area (Å²) in [4.78, 5) is 10.1. The first-order valence-corrected chi connectivity index (χ1v) is 8.55. The average molecular weight is 332 g/mol. The third-order valence-electron chi connectivity index (χ3n) is 3.05. The molecule has 0 bridgehead atoms. The molecular weight excluding hydrogens is 308 g/mol. The molecule has 2 aromatic heterocycles.